The van der Waals surface area contributed by atoms with Crippen LogP contribution in [-0.4, -0.2) is 58.0 Å². The molecule has 36 heavy (non-hydrogen) atoms. The molecule has 1 aliphatic rings. The molecule has 192 valence electrons. The Morgan fingerprint density at radius 2 is 2.03 bits per heavy atom. The van der Waals surface area contributed by atoms with E-state index in [4.69, 9.17) is 26.6 Å². The Kier molecular flexibility index (Phi) is 8.35. The van der Waals surface area contributed by atoms with Gasteiger partial charge in [0.15, 0.2) is 5.76 Å². The fraction of sp³-hybridized carbons (Fsp3) is 0.385. The summed E-state index contributed by atoms with van der Waals surface area (Å²) in [7, 11) is 1.56. The highest BCUT2D eigenvalue weighted by atomic mass is 35.5. The number of aromatic nitrogens is 2. The molecule has 0 radical (unpaired) electrons. The molecule has 0 amide bonds. The lowest BCUT2D eigenvalue weighted by atomic mass is 10.1. The summed E-state index contributed by atoms with van der Waals surface area (Å²) in [5, 5.41) is 14.4. The molecule has 0 spiro atoms. The van der Waals surface area contributed by atoms with Crippen LogP contribution in [0.1, 0.15) is 42.9 Å². The maximum absolute atomic E-state index is 11.7. The number of halogens is 1. The summed E-state index contributed by atoms with van der Waals surface area (Å²) in [6.07, 6.45) is 2.36. The molecule has 10 heteroatoms. The van der Waals surface area contributed by atoms with Gasteiger partial charge in [0.2, 0.25) is 0 Å². The highest BCUT2D eigenvalue weighted by Gasteiger charge is 2.19. The largest absolute Gasteiger partial charge is 0.496 e. The van der Waals surface area contributed by atoms with E-state index in [-0.39, 0.29) is 12.2 Å². The Labute approximate surface area is 219 Å². The summed E-state index contributed by atoms with van der Waals surface area (Å²) in [4.78, 5) is 15.0. The molecular formula is C26H31ClN4O4S. The summed E-state index contributed by atoms with van der Waals surface area (Å²) in [6, 6.07) is 13.7. The zero-order chi connectivity index (χ0) is 25.8. The number of carboxylic acid groups (broad SMARTS) is 1. The molecule has 0 aliphatic carbocycles. The minimum absolute atomic E-state index is 0.160. The first kappa shape index (κ1) is 26.2. The fourth-order valence-corrected chi connectivity index (χ4v) is 5.32. The van der Waals surface area contributed by atoms with Crippen LogP contribution in [0.25, 0.3) is 21.5 Å². The lowest BCUT2D eigenvalue weighted by molar-refractivity contribution is 0.0686. The van der Waals surface area contributed by atoms with E-state index in [1.165, 1.54) is 37.3 Å². The molecule has 0 atom stereocenters. The van der Waals surface area contributed by atoms with Crippen LogP contribution in [0.15, 0.2) is 47.0 Å². The van der Waals surface area contributed by atoms with Gasteiger partial charge in [0.1, 0.15) is 17.1 Å². The predicted molar refractivity (Wildman–Crippen MR) is 143 cm³/mol. The number of carboxylic acids is 1. The number of ether oxygens (including phenoxy) is 1. The molecule has 4 aromatic rings. The molecule has 1 fully saturated rings. The summed E-state index contributed by atoms with van der Waals surface area (Å²) in [5.41, 5.74) is 7.30. The van der Waals surface area contributed by atoms with Gasteiger partial charge in [0.25, 0.3) is 0 Å². The minimum atomic E-state index is -1.02. The Balaban J connectivity index is 0.000000256. The van der Waals surface area contributed by atoms with Gasteiger partial charge in [0, 0.05) is 23.5 Å². The van der Waals surface area contributed by atoms with Crippen molar-refractivity contribution in [2.75, 3.05) is 20.2 Å². The molecule has 0 saturated carbocycles. The number of methoxy groups -OCH3 is 1. The third-order valence-corrected chi connectivity index (χ3v) is 7.59. The second-order valence-electron chi connectivity index (χ2n) is 9.07. The number of nitrogens with zero attached hydrogens (tertiary/aromatic N) is 3. The van der Waals surface area contributed by atoms with E-state index in [9.17, 15) is 9.90 Å². The fourth-order valence-electron chi connectivity index (χ4n) is 4.33. The number of benzene rings is 1. The van der Waals surface area contributed by atoms with E-state index in [1.807, 2.05) is 18.2 Å². The van der Waals surface area contributed by atoms with Gasteiger partial charge in [-0.25, -0.2) is 4.79 Å². The van der Waals surface area contributed by atoms with Gasteiger partial charge in [-0.15, -0.1) is 11.3 Å². The summed E-state index contributed by atoms with van der Waals surface area (Å²) in [6.45, 7) is 7.15. The first-order chi connectivity index (χ1) is 17.3. The third kappa shape index (κ3) is 5.92. The summed E-state index contributed by atoms with van der Waals surface area (Å²) in [5.74, 6) is 0.206. The van der Waals surface area contributed by atoms with Gasteiger partial charge >= 0.3 is 5.97 Å². The molecule has 1 aromatic carbocycles. The monoisotopic (exact) mass is 530 g/mol. The van der Waals surface area contributed by atoms with E-state index >= 15 is 0 Å². The first-order valence-electron chi connectivity index (χ1n) is 11.9. The predicted octanol–water partition coefficient (Wildman–Crippen LogP) is 5.58. The van der Waals surface area contributed by atoms with Crippen LogP contribution in [0.5, 0.6) is 5.75 Å². The minimum Gasteiger partial charge on any atom is -0.496 e. The van der Waals surface area contributed by atoms with Crippen LogP contribution >= 0.6 is 22.9 Å². The average molecular weight is 531 g/mol. The normalized spacial score (nSPS) is 14.7. The average Bonchev–Trinajstić information content (AvgIpc) is 3.59. The molecule has 3 N–H and O–H groups in total. The van der Waals surface area contributed by atoms with Crippen molar-refractivity contribution in [2.24, 2.45) is 5.73 Å². The van der Waals surface area contributed by atoms with Gasteiger partial charge in [-0.05, 0) is 70.1 Å². The van der Waals surface area contributed by atoms with Crippen LogP contribution in [0.2, 0.25) is 4.34 Å². The van der Waals surface area contributed by atoms with Crippen molar-refractivity contribution < 1.29 is 19.2 Å². The highest BCUT2D eigenvalue weighted by Crippen LogP contribution is 2.33. The number of carbonyl (C=O) groups is 1. The van der Waals surface area contributed by atoms with Gasteiger partial charge in [-0.2, -0.15) is 0 Å². The lowest BCUT2D eigenvalue weighted by Gasteiger charge is -2.32. The van der Waals surface area contributed by atoms with Crippen molar-refractivity contribution in [1.29, 1.82) is 0 Å². The maximum Gasteiger partial charge on any atom is 0.352 e. The Hall–Kier alpha value is -2.85. The van der Waals surface area contributed by atoms with E-state index in [1.54, 1.807) is 35.9 Å². The number of likely N-dealkylation sites (tertiary alicyclic amines) is 1. The van der Waals surface area contributed by atoms with Crippen molar-refractivity contribution in [3.05, 3.63) is 58.2 Å². The van der Waals surface area contributed by atoms with E-state index in [0.29, 0.717) is 33.6 Å². The second kappa shape index (κ2) is 11.5. The zero-order valence-electron chi connectivity index (χ0n) is 20.6. The molecule has 5 rings (SSSR count). The molecule has 0 unspecified atom stereocenters. The highest BCUT2D eigenvalue weighted by molar-refractivity contribution is 7.19. The summed E-state index contributed by atoms with van der Waals surface area (Å²) < 4.78 is 13.1. The van der Waals surface area contributed by atoms with Crippen molar-refractivity contribution in [3.63, 3.8) is 0 Å². The molecule has 0 bridgehead atoms. The van der Waals surface area contributed by atoms with Crippen LogP contribution in [0.4, 0.5) is 0 Å². The van der Waals surface area contributed by atoms with Gasteiger partial charge in [-0.3, -0.25) is 0 Å². The van der Waals surface area contributed by atoms with Crippen LogP contribution in [0.3, 0.4) is 0 Å². The van der Waals surface area contributed by atoms with Crippen molar-refractivity contribution in [1.82, 2.24) is 14.6 Å². The van der Waals surface area contributed by atoms with E-state index in [2.05, 4.69) is 23.9 Å². The standard InChI is InChI=1S/C18H13ClN2O4S.C8H18N2/c1-24-14-4-2-3-12-11(14)8-13(18(22)23)21(12)9-10-7-15(25-20-10)16-5-6-17(19)26-16;1-7(2)10-5-3-8(9)4-6-10/h2-8H,9H2,1H3,(H,22,23);7-8H,3-6,9H2,1-2H3. The van der Waals surface area contributed by atoms with Gasteiger partial charge in [-0.1, -0.05) is 22.8 Å². The topological polar surface area (TPSA) is 107 Å². The summed E-state index contributed by atoms with van der Waals surface area (Å²) >= 11 is 7.35. The number of fused-ring (bicyclic) bond motifs is 1. The lowest BCUT2D eigenvalue weighted by Crippen LogP contribution is -2.42. The number of nitrogens with two attached hydrogens (primary N) is 1. The smallest absolute Gasteiger partial charge is 0.352 e. The SMILES string of the molecule is CC(C)N1CCC(N)CC1.COc1cccc2c1cc(C(=O)O)n2Cc1cc(-c2ccc(Cl)s2)on1. The Morgan fingerprint density at radius 3 is 2.64 bits per heavy atom. The second-order valence-corrected chi connectivity index (χ2v) is 10.8. The maximum atomic E-state index is 11.7. The van der Waals surface area contributed by atoms with Crippen LogP contribution in [0, 0.1) is 0 Å². The first-order valence-corrected chi connectivity index (χ1v) is 13.1. The Bertz CT molecular complexity index is 1320. The Morgan fingerprint density at radius 1 is 1.28 bits per heavy atom. The van der Waals surface area contributed by atoms with Crippen LogP contribution in [-0.2, 0) is 6.54 Å². The molecule has 8 nitrogen and oxygen atoms in total. The van der Waals surface area contributed by atoms with Gasteiger partial charge < -0.3 is 29.6 Å². The number of rotatable bonds is 6. The van der Waals surface area contributed by atoms with Crippen molar-refractivity contribution in [2.45, 2.75) is 45.3 Å². The number of hydrogen-bond acceptors (Lipinski definition) is 7. The number of thiophene rings is 1. The number of piperidine rings is 1. The van der Waals surface area contributed by atoms with Gasteiger partial charge in [0.05, 0.1) is 28.4 Å². The van der Waals surface area contributed by atoms with Crippen molar-refractivity contribution >= 4 is 39.8 Å². The third-order valence-electron chi connectivity index (χ3n) is 6.34. The van der Waals surface area contributed by atoms with Crippen LogP contribution < -0.4 is 10.5 Å². The number of hydrogen-bond donors (Lipinski definition) is 2. The molecular weight excluding hydrogens is 500 g/mol. The quantitative estimate of drug-likeness (QED) is 0.335. The molecule has 1 saturated heterocycles. The molecule has 1 aliphatic heterocycles. The molecule has 3 aromatic heterocycles. The van der Waals surface area contributed by atoms with E-state index < -0.39 is 5.97 Å². The van der Waals surface area contributed by atoms with E-state index in [0.717, 1.165) is 15.8 Å². The zero-order valence-corrected chi connectivity index (χ0v) is 22.2. The molecule has 4 heterocycles. The van der Waals surface area contributed by atoms with Crippen molar-refractivity contribution in [3.8, 4) is 16.4 Å². The number of aromatic carboxylic acids is 1.